The fraction of sp³-hybridized carbons (Fsp3) is 0.133. The highest BCUT2D eigenvalue weighted by Crippen LogP contribution is 2.35. The molecule has 1 N–H and O–H groups in total. The number of ether oxygens (including phenoxy) is 2. The van der Waals surface area contributed by atoms with Crippen LogP contribution in [-0.4, -0.2) is 32.5 Å². The smallest absolute Gasteiger partial charge is 0.341 e. The van der Waals surface area contributed by atoms with Gasteiger partial charge in [0.05, 0.1) is 11.9 Å². The van der Waals surface area contributed by atoms with Gasteiger partial charge in [0.2, 0.25) is 6.79 Å². The fourth-order valence-electron chi connectivity index (χ4n) is 2.47. The van der Waals surface area contributed by atoms with Crippen molar-refractivity contribution in [2.75, 3.05) is 6.79 Å². The average Bonchev–Trinajstić information content (AvgIpc) is 3.12. The van der Waals surface area contributed by atoms with Crippen LogP contribution < -0.4 is 9.47 Å². The first kappa shape index (κ1) is 12.6. The molecule has 22 heavy (non-hydrogen) atoms. The molecule has 0 unspecified atom stereocenters. The van der Waals surface area contributed by atoms with E-state index in [1.165, 1.54) is 10.7 Å². The van der Waals surface area contributed by atoms with Gasteiger partial charge >= 0.3 is 5.97 Å². The summed E-state index contributed by atoms with van der Waals surface area (Å²) in [5.41, 5.74) is 2.68. The minimum absolute atomic E-state index is 0.0747. The lowest BCUT2D eigenvalue weighted by Gasteiger charge is -2.06. The Morgan fingerprint density at radius 2 is 2.09 bits per heavy atom. The molecular weight excluding hydrogens is 286 g/mol. The fourth-order valence-corrected chi connectivity index (χ4v) is 2.47. The third-order valence-corrected chi connectivity index (χ3v) is 3.55. The second-order valence-corrected chi connectivity index (χ2v) is 4.95. The van der Waals surface area contributed by atoms with Crippen molar-refractivity contribution in [1.29, 1.82) is 0 Å². The van der Waals surface area contributed by atoms with E-state index in [0.29, 0.717) is 22.8 Å². The maximum absolute atomic E-state index is 11.3. The number of aromatic nitrogens is 3. The Hall–Kier alpha value is -3.09. The summed E-state index contributed by atoms with van der Waals surface area (Å²) in [5.74, 6) is 0.297. The van der Waals surface area contributed by atoms with Gasteiger partial charge in [0.25, 0.3) is 0 Å². The van der Waals surface area contributed by atoms with E-state index >= 15 is 0 Å². The van der Waals surface area contributed by atoms with Crippen molar-refractivity contribution in [2.24, 2.45) is 0 Å². The Labute approximate surface area is 124 Å². The van der Waals surface area contributed by atoms with Crippen molar-refractivity contribution in [3.63, 3.8) is 0 Å². The molecule has 2 aromatic heterocycles. The zero-order chi connectivity index (χ0) is 15.3. The van der Waals surface area contributed by atoms with Gasteiger partial charge < -0.3 is 14.6 Å². The van der Waals surface area contributed by atoms with Gasteiger partial charge in [-0.1, -0.05) is 0 Å². The standard InChI is InChI=1S/C15H11N3O4/c1-8-4-11(9-2-3-12-13(5-9)22-7-21-12)17-14-10(15(19)20)6-16-18(8)14/h2-6H,7H2,1H3,(H,19,20). The van der Waals surface area contributed by atoms with E-state index in [0.717, 1.165) is 11.3 Å². The number of hydrogen-bond donors (Lipinski definition) is 1. The van der Waals surface area contributed by atoms with Gasteiger partial charge in [-0.2, -0.15) is 5.10 Å². The van der Waals surface area contributed by atoms with E-state index in [4.69, 9.17) is 9.47 Å². The minimum atomic E-state index is -1.05. The molecular formula is C15H11N3O4. The predicted molar refractivity (Wildman–Crippen MR) is 76.2 cm³/mol. The second-order valence-electron chi connectivity index (χ2n) is 4.95. The third kappa shape index (κ3) is 1.79. The molecule has 1 aliphatic rings. The number of nitrogens with zero attached hydrogens (tertiary/aromatic N) is 3. The summed E-state index contributed by atoms with van der Waals surface area (Å²) >= 11 is 0. The average molecular weight is 297 g/mol. The Balaban J connectivity index is 1.91. The molecule has 0 aliphatic carbocycles. The van der Waals surface area contributed by atoms with E-state index in [1.807, 2.05) is 31.2 Å². The summed E-state index contributed by atoms with van der Waals surface area (Å²) in [6.45, 7) is 2.06. The number of carbonyl (C=O) groups is 1. The summed E-state index contributed by atoms with van der Waals surface area (Å²) in [6.07, 6.45) is 1.31. The number of benzene rings is 1. The first-order chi connectivity index (χ1) is 10.6. The highest BCUT2D eigenvalue weighted by atomic mass is 16.7. The number of aryl methyl sites for hydroxylation is 1. The highest BCUT2D eigenvalue weighted by Gasteiger charge is 2.18. The largest absolute Gasteiger partial charge is 0.477 e. The molecule has 0 saturated heterocycles. The lowest BCUT2D eigenvalue weighted by atomic mass is 10.1. The summed E-state index contributed by atoms with van der Waals surface area (Å²) < 4.78 is 12.2. The van der Waals surface area contributed by atoms with Gasteiger partial charge in [0.1, 0.15) is 5.56 Å². The molecule has 7 nitrogen and oxygen atoms in total. The number of carboxylic acids is 1. The number of fused-ring (bicyclic) bond motifs is 2. The van der Waals surface area contributed by atoms with Crippen LogP contribution in [0.25, 0.3) is 16.9 Å². The van der Waals surface area contributed by atoms with Gasteiger partial charge in [-0.25, -0.2) is 14.3 Å². The van der Waals surface area contributed by atoms with Crippen LogP contribution >= 0.6 is 0 Å². The van der Waals surface area contributed by atoms with Crippen LogP contribution in [-0.2, 0) is 0 Å². The first-order valence-corrected chi connectivity index (χ1v) is 6.62. The van der Waals surface area contributed by atoms with Crippen molar-refractivity contribution < 1.29 is 19.4 Å². The Bertz CT molecular complexity index is 917. The van der Waals surface area contributed by atoms with Gasteiger partial charge in [-0.05, 0) is 31.2 Å². The quantitative estimate of drug-likeness (QED) is 0.780. The molecule has 0 amide bonds. The molecule has 0 spiro atoms. The van der Waals surface area contributed by atoms with Crippen molar-refractivity contribution in [3.05, 3.63) is 41.7 Å². The number of rotatable bonds is 2. The van der Waals surface area contributed by atoms with Crippen molar-refractivity contribution in [2.45, 2.75) is 6.92 Å². The predicted octanol–water partition coefficient (Wildman–Crippen LogP) is 2.13. The van der Waals surface area contributed by atoms with Gasteiger partial charge in [-0.15, -0.1) is 0 Å². The number of hydrogen-bond acceptors (Lipinski definition) is 5. The van der Waals surface area contributed by atoms with Crippen LogP contribution in [0.1, 0.15) is 16.1 Å². The second kappa shape index (κ2) is 4.45. The minimum Gasteiger partial charge on any atom is -0.477 e. The van der Waals surface area contributed by atoms with E-state index < -0.39 is 5.97 Å². The Morgan fingerprint density at radius 3 is 2.91 bits per heavy atom. The Kier molecular flexibility index (Phi) is 2.56. The molecule has 0 atom stereocenters. The van der Waals surface area contributed by atoms with E-state index in [-0.39, 0.29) is 12.4 Å². The number of aromatic carboxylic acids is 1. The lowest BCUT2D eigenvalue weighted by molar-refractivity contribution is 0.0698. The normalized spacial score (nSPS) is 12.8. The summed E-state index contributed by atoms with van der Waals surface area (Å²) in [6, 6.07) is 7.36. The van der Waals surface area contributed by atoms with Crippen LogP contribution in [0.3, 0.4) is 0 Å². The molecule has 4 rings (SSSR count). The lowest BCUT2D eigenvalue weighted by Crippen LogP contribution is -2.01. The van der Waals surface area contributed by atoms with Crippen LogP contribution in [0.5, 0.6) is 11.5 Å². The maximum atomic E-state index is 11.3. The molecule has 7 heteroatoms. The van der Waals surface area contributed by atoms with Crippen molar-refractivity contribution >= 4 is 11.6 Å². The molecule has 0 bridgehead atoms. The Morgan fingerprint density at radius 1 is 1.27 bits per heavy atom. The molecule has 110 valence electrons. The van der Waals surface area contributed by atoms with E-state index in [1.54, 1.807) is 0 Å². The third-order valence-electron chi connectivity index (χ3n) is 3.55. The molecule has 0 fully saturated rings. The SMILES string of the molecule is Cc1cc(-c2ccc3c(c2)OCO3)nc2c(C(=O)O)cnn12. The molecule has 3 heterocycles. The topological polar surface area (TPSA) is 86.0 Å². The molecule has 1 aliphatic heterocycles. The zero-order valence-corrected chi connectivity index (χ0v) is 11.6. The molecule has 0 radical (unpaired) electrons. The maximum Gasteiger partial charge on any atom is 0.341 e. The molecule has 3 aromatic rings. The summed E-state index contributed by atoms with van der Waals surface area (Å²) in [7, 11) is 0. The van der Waals surface area contributed by atoms with Crippen molar-refractivity contribution in [3.8, 4) is 22.8 Å². The van der Waals surface area contributed by atoms with Crippen LogP contribution in [0.2, 0.25) is 0 Å². The zero-order valence-electron chi connectivity index (χ0n) is 11.6. The van der Waals surface area contributed by atoms with Crippen LogP contribution in [0.4, 0.5) is 0 Å². The first-order valence-electron chi connectivity index (χ1n) is 6.62. The highest BCUT2D eigenvalue weighted by molar-refractivity contribution is 5.94. The summed E-state index contributed by atoms with van der Waals surface area (Å²) in [4.78, 5) is 15.7. The van der Waals surface area contributed by atoms with Crippen LogP contribution in [0, 0.1) is 6.92 Å². The monoisotopic (exact) mass is 297 g/mol. The van der Waals surface area contributed by atoms with Gasteiger partial charge in [-0.3, -0.25) is 0 Å². The van der Waals surface area contributed by atoms with Gasteiger partial charge in [0.15, 0.2) is 17.1 Å². The molecule has 1 aromatic carbocycles. The van der Waals surface area contributed by atoms with Gasteiger partial charge in [0, 0.05) is 11.3 Å². The van der Waals surface area contributed by atoms with Crippen molar-refractivity contribution in [1.82, 2.24) is 14.6 Å². The van der Waals surface area contributed by atoms with E-state index in [9.17, 15) is 9.90 Å². The number of carboxylic acid groups (broad SMARTS) is 1. The summed E-state index contributed by atoms with van der Waals surface area (Å²) in [5, 5.41) is 13.3. The van der Waals surface area contributed by atoms with Crippen LogP contribution in [0.15, 0.2) is 30.5 Å². The molecule has 0 saturated carbocycles. The van der Waals surface area contributed by atoms with E-state index in [2.05, 4.69) is 10.1 Å².